The molecule has 0 radical (unpaired) electrons. The standard InChI is InChI=1S/C15H23NOSSi/c1-15(2,3)19(4,5)17-13-7-6-8-14-12(13)9-11(10-16)18-14/h9,13H,6-8H2,1-5H3. The molecule has 1 aliphatic carbocycles. The van der Waals surface area contributed by atoms with E-state index in [1.807, 2.05) is 0 Å². The first kappa shape index (κ1) is 14.8. The Morgan fingerprint density at radius 2 is 2.11 bits per heavy atom. The van der Waals surface area contributed by atoms with Crippen molar-refractivity contribution < 1.29 is 4.43 Å². The number of hydrogen-bond acceptors (Lipinski definition) is 3. The summed E-state index contributed by atoms with van der Waals surface area (Å²) >= 11 is 1.65. The van der Waals surface area contributed by atoms with Crippen molar-refractivity contribution >= 4 is 19.7 Å². The summed E-state index contributed by atoms with van der Waals surface area (Å²) in [5.41, 5.74) is 1.29. The van der Waals surface area contributed by atoms with E-state index in [1.165, 1.54) is 16.9 Å². The Balaban J connectivity index is 2.25. The molecular formula is C15H23NOSSi. The van der Waals surface area contributed by atoms with Gasteiger partial charge >= 0.3 is 0 Å². The highest BCUT2D eigenvalue weighted by Gasteiger charge is 2.40. The third kappa shape index (κ3) is 2.94. The lowest BCUT2D eigenvalue weighted by Gasteiger charge is -2.40. The van der Waals surface area contributed by atoms with E-state index in [2.05, 4.69) is 46.0 Å². The summed E-state index contributed by atoms with van der Waals surface area (Å²) in [6.07, 6.45) is 3.60. The van der Waals surface area contributed by atoms with Gasteiger partial charge in [-0.05, 0) is 49.0 Å². The average Bonchev–Trinajstić information content (AvgIpc) is 2.71. The Labute approximate surface area is 121 Å². The largest absolute Gasteiger partial charge is 0.410 e. The molecule has 0 bridgehead atoms. The van der Waals surface area contributed by atoms with Crippen LogP contribution in [0.15, 0.2) is 6.07 Å². The van der Waals surface area contributed by atoms with Gasteiger partial charge in [-0.25, -0.2) is 0 Å². The van der Waals surface area contributed by atoms with Gasteiger partial charge in [0.25, 0.3) is 0 Å². The van der Waals surface area contributed by atoms with Crippen LogP contribution in [-0.2, 0) is 10.8 Å². The minimum Gasteiger partial charge on any atom is -0.410 e. The molecule has 4 heteroatoms. The third-order valence-electron chi connectivity index (χ3n) is 4.41. The fourth-order valence-electron chi connectivity index (χ4n) is 2.22. The summed E-state index contributed by atoms with van der Waals surface area (Å²) in [5.74, 6) is 0. The maximum Gasteiger partial charge on any atom is 0.192 e. The summed E-state index contributed by atoms with van der Waals surface area (Å²) in [7, 11) is -1.74. The normalized spacial score (nSPS) is 19.9. The van der Waals surface area contributed by atoms with Gasteiger partial charge in [0.05, 0.1) is 6.10 Å². The molecule has 1 aliphatic rings. The zero-order valence-electron chi connectivity index (χ0n) is 12.5. The number of thiophene rings is 1. The molecule has 104 valence electrons. The quantitative estimate of drug-likeness (QED) is 0.717. The topological polar surface area (TPSA) is 33.0 Å². The second-order valence-corrected chi connectivity index (χ2v) is 12.8. The highest BCUT2D eigenvalue weighted by Crippen LogP contribution is 2.44. The van der Waals surface area contributed by atoms with E-state index in [0.717, 1.165) is 17.7 Å². The van der Waals surface area contributed by atoms with Crippen LogP contribution in [0.1, 0.15) is 55.0 Å². The highest BCUT2D eigenvalue weighted by atomic mass is 32.1. The van der Waals surface area contributed by atoms with Crippen molar-refractivity contribution in [2.45, 2.75) is 64.3 Å². The van der Waals surface area contributed by atoms with Gasteiger partial charge in [0.1, 0.15) is 10.9 Å². The van der Waals surface area contributed by atoms with Gasteiger partial charge in [0.15, 0.2) is 8.32 Å². The number of fused-ring (bicyclic) bond motifs is 1. The van der Waals surface area contributed by atoms with Gasteiger partial charge in [0.2, 0.25) is 0 Å². The summed E-state index contributed by atoms with van der Waals surface area (Å²) < 4.78 is 6.56. The minimum atomic E-state index is -1.74. The van der Waals surface area contributed by atoms with Crippen LogP contribution in [0, 0.1) is 11.3 Å². The smallest absolute Gasteiger partial charge is 0.192 e. The fraction of sp³-hybridized carbons (Fsp3) is 0.667. The van der Waals surface area contributed by atoms with Crippen LogP contribution in [-0.4, -0.2) is 8.32 Å². The van der Waals surface area contributed by atoms with Gasteiger partial charge in [-0.3, -0.25) is 0 Å². The van der Waals surface area contributed by atoms with Crippen LogP contribution >= 0.6 is 11.3 Å². The van der Waals surface area contributed by atoms with E-state index in [9.17, 15) is 0 Å². The van der Waals surface area contributed by atoms with Crippen LogP contribution < -0.4 is 0 Å². The number of aryl methyl sites for hydroxylation is 1. The second kappa shape index (κ2) is 5.04. The first-order valence-corrected chi connectivity index (χ1v) is 10.7. The fourth-order valence-corrected chi connectivity index (χ4v) is 4.59. The molecule has 0 fully saturated rings. The first-order valence-electron chi connectivity index (χ1n) is 6.95. The number of hydrogen-bond donors (Lipinski definition) is 0. The molecule has 1 heterocycles. The molecule has 0 N–H and O–H groups in total. The number of nitrogens with zero attached hydrogens (tertiary/aromatic N) is 1. The van der Waals surface area contributed by atoms with Crippen LogP contribution in [0.2, 0.25) is 18.1 Å². The Hall–Kier alpha value is -0.633. The van der Waals surface area contributed by atoms with E-state index in [4.69, 9.17) is 9.69 Å². The maximum atomic E-state index is 9.06. The lowest BCUT2D eigenvalue weighted by atomic mass is 9.96. The van der Waals surface area contributed by atoms with Gasteiger partial charge in [-0.15, -0.1) is 11.3 Å². The van der Waals surface area contributed by atoms with Crippen LogP contribution in [0.4, 0.5) is 0 Å². The Morgan fingerprint density at radius 1 is 1.42 bits per heavy atom. The van der Waals surface area contributed by atoms with E-state index in [1.54, 1.807) is 11.3 Å². The Morgan fingerprint density at radius 3 is 2.68 bits per heavy atom. The van der Waals surface area contributed by atoms with Crippen LogP contribution in [0.25, 0.3) is 0 Å². The molecule has 0 aromatic carbocycles. The SMILES string of the molecule is CC(C)(C)[Si](C)(C)OC1CCCc2sc(C#N)cc21. The molecule has 19 heavy (non-hydrogen) atoms. The summed E-state index contributed by atoms with van der Waals surface area (Å²) in [6, 6.07) is 4.32. The Kier molecular flexibility index (Phi) is 3.92. The molecule has 0 aliphatic heterocycles. The van der Waals surface area contributed by atoms with Gasteiger partial charge in [-0.1, -0.05) is 20.8 Å². The van der Waals surface area contributed by atoms with Gasteiger partial charge < -0.3 is 4.43 Å². The van der Waals surface area contributed by atoms with Crippen molar-refractivity contribution in [3.05, 3.63) is 21.4 Å². The molecule has 1 aromatic rings. The molecule has 0 saturated heterocycles. The predicted molar refractivity (Wildman–Crippen MR) is 83.0 cm³/mol. The molecule has 1 unspecified atom stereocenters. The summed E-state index contributed by atoms with van der Waals surface area (Å²) in [6.45, 7) is 11.4. The van der Waals surface area contributed by atoms with Crippen LogP contribution in [0.5, 0.6) is 0 Å². The van der Waals surface area contributed by atoms with Crippen molar-refractivity contribution in [3.63, 3.8) is 0 Å². The van der Waals surface area contributed by atoms with Gasteiger partial charge in [0, 0.05) is 4.88 Å². The van der Waals surface area contributed by atoms with E-state index < -0.39 is 8.32 Å². The molecule has 1 aromatic heterocycles. The minimum absolute atomic E-state index is 0.211. The molecule has 0 saturated carbocycles. The molecular weight excluding hydrogens is 270 g/mol. The van der Waals surface area contributed by atoms with Crippen molar-refractivity contribution in [2.24, 2.45) is 0 Å². The zero-order valence-corrected chi connectivity index (χ0v) is 14.4. The molecule has 0 amide bonds. The van der Waals surface area contributed by atoms with E-state index >= 15 is 0 Å². The molecule has 2 rings (SSSR count). The third-order valence-corrected chi connectivity index (χ3v) is 10.0. The average molecular weight is 294 g/mol. The van der Waals surface area contributed by atoms with E-state index in [-0.39, 0.29) is 11.1 Å². The maximum absolute atomic E-state index is 9.06. The first-order chi connectivity index (χ1) is 8.74. The zero-order chi connectivity index (χ0) is 14.3. The monoisotopic (exact) mass is 293 g/mol. The van der Waals surface area contributed by atoms with Gasteiger partial charge in [-0.2, -0.15) is 5.26 Å². The molecule has 2 nitrogen and oxygen atoms in total. The predicted octanol–water partition coefficient (Wildman–Crippen LogP) is 5.02. The van der Waals surface area contributed by atoms with Crippen LogP contribution in [0.3, 0.4) is 0 Å². The summed E-state index contributed by atoms with van der Waals surface area (Å²) in [4.78, 5) is 2.20. The highest BCUT2D eigenvalue weighted by molar-refractivity contribution is 7.12. The summed E-state index contributed by atoms with van der Waals surface area (Å²) in [5, 5.41) is 9.30. The van der Waals surface area contributed by atoms with Crippen molar-refractivity contribution in [2.75, 3.05) is 0 Å². The van der Waals surface area contributed by atoms with Crippen molar-refractivity contribution in [1.29, 1.82) is 5.26 Å². The lowest BCUT2D eigenvalue weighted by Crippen LogP contribution is -2.42. The van der Waals surface area contributed by atoms with Crippen molar-refractivity contribution in [1.82, 2.24) is 0 Å². The number of nitriles is 1. The lowest BCUT2D eigenvalue weighted by molar-refractivity contribution is 0.164. The molecule has 0 spiro atoms. The van der Waals surface area contributed by atoms with E-state index in [0.29, 0.717) is 0 Å². The Bertz CT molecular complexity index is 507. The second-order valence-electron chi connectivity index (χ2n) is 6.86. The van der Waals surface area contributed by atoms with Crippen molar-refractivity contribution in [3.8, 4) is 6.07 Å². The number of rotatable bonds is 2. The molecule has 1 atom stereocenters.